The van der Waals surface area contributed by atoms with Gasteiger partial charge in [0.25, 0.3) is 0 Å². The Bertz CT molecular complexity index is 1870. The molecule has 0 spiro atoms. The van der Waals surface area contributed by atoms with E-state index in [1.807, 2.05) is 0 Å². The molecule has 17 nitrogen and oxygen atoms in total. The van der Waals surface area contributed by atoms with Crippen molar-refractivity contribution in [2.24, 2.45) is 23.7 Å². The zero-order chi connectivity index (χ0) is 70.3. The van der Waals surface area contributed by atoms with Crippen LogP contribution in [-0.2, 0) is 65.4 Å². The van der Waals surface area contributed by atoms with Gasteiger partial charge in [0.05, 0.1) is 26.4 Å². The van der Waals surface area contributed by atoms with E-state index in [0.717, 1.165) is 114 Å². The van der Waals surface area contributed by atoms with E-state index in [-0.39, 0.29) is 25.7 Å². The molecule has 0 saturated carbocycles. The van der Waals surface area contributed by atoms with Gasteiger partial charge in [-0.15, -0.1) is 0 Å². The molecule has 0 aromatic heterocycles. The average Bonchev–Trinajstić information content (AvgIpc) is 1.62. The Morgan fingerprint density at radius 2 is 0.505 bits per heavy atom. The van der Waals surface area contributed by atoms with Crippen LogP contribution in [0.5, 0.6) is 0 Å². The largest absolute Gasteiger partial charge is 0.472 e. The van der Waals surface area contributed by atoms with Gasteiger partial charge >= 0.3 is 39.5 Å². The lowest BCUT2D eigenvalue weighted by Gasteiger charge is -2.21. The minimum atomic E-state index is -4.96. The van der Waals surface area contributed by atoms with Crippen molar-refractivity contribution in [3.63, 3.8) is 0 Å². The molecule has 19 heteroatoms. The summed E-state index contributed by atoms with van der Waals surface area (Å²) in [5, 5.41) is 10.6. The Kier molecular flexibility index (Phi) is 64.0. The van der Waals surface area contributed by atoms with Gasteiger partial charge in [0, 0.05) is 25.7 Å². The zero-order valence-corrected chi connectivity index (χ0v) is 64.1. The van der Waals surface area contributed by atoms with E-state index < -0.39 is 97.5 Å². The number of rotatable bonds is 73. The van der Waals surface area contributed by atoms with Crippen molar-refractivity contribution < 1.29 is 80.2 Å². The maximum Gasteiger partial charge on any atom is 0.472 e. The summed E-state index contributed by atoms with van der Waals surface area (Å²) in [6.45, 7) is 14.2. The maximum absolute atomic E-state index is 13.1. The normalized spacial score (nSPS) is 14.7. The SMILES string of the molecule is CCC(C)CCCCCCCCCCCCCCCCC(=O)O[C@H](COC(=O)CCCCCCCCCC(C)C)COP(=O)(O)OCC(O)COP(=O)(O)OC[C@@H](COC(=O)CCCCCCCCCCCCCCC(C)C)OC(=O)CCCCCCCCCCC(C)CC. The Hall–Kier alpha value is -1.94. The molecule has 0 fully saturated rings. The van der Waals surface area contributed by atoms with Gasteiger partial charge in [0.1, 0.15) is 19.3 Å². The molecule has 0 saturated heterocycles. The van der Waals surface area contributed by atoms with Crippen LogP contribution < -0.4 is 0 Å². The number of ether oxygens (including phenoxy) is 4. The average molecular weight is 1400 g/mol. The van der Waals surface area contributed by atoms with Crippen molar-refractivity contribution in [1.29, 1.82) is 0 Å². The van der Waals surface area contributed by atoms with E-state index in [0.29, 0.717) is 31.6 Å². The lowest BCUT2D eigenvalue weighted by atomic mass is 9.99. The third kappa shape index (κ3) is 67.6. The van der Waals surface area contributed by atoms with Crippen LogP contribution in [0.1, 0.15) is 383 Å². The quantitative estimate of drug-likeness (QED) is 0.0222. The first-order valence-corrected chi connectivity index (χ1v) is 42.3. The fourth-order valence-corrected chi connectivity index (χ4v) is 13.1. The Morgan fingerprint density at radius 3 is 0.747 bits per heavy atom. The summed E-state index contributed by atoms with van der Waals surface area (Å²) in [7, 11) is -9.91. The van der Waals surface area contributed by atoms with Crippen molar-refractivity contribution in [3.05, 3.63) is 0 Å². The second-order valence-corrected chi connectivity index (χ2v) is 31.7. The molecule has 0 aromatic carbocycles. The lowest BCUT2D eigenvalue weighted by Crippen LogP contribution is -2.30. The Labute approximate surface area is 581 Å². The summed E-state index contributed by atoms with van der Waals surface area (Å²) in [6.07, 6.45) is 49.9. The van der Waals surface area contributed by atoms with E-state index in [2.05, 4.69) is 55.4 Å². The molecule has 7 atom stereocenters. The predicted octanol–water partition coefficient (Wildman–Crippen LogP) is 22.0. The number of carbonyl (C=O) groups is 4. The zero-order valence-electron chi connectivity index (χ0n) is 62.3. The van der Waals surface area contributed by atoms with Gasteiger partial charge in [-0.1, -0.05) is 331 Å². The van der Waals surface area contributed by atoms with Gasteiger partial charge in [0.15, 0.2) is 12.2 Å². The molecule has 0 radical (unpaired) electrons. The number of aliphatic hydroxyl groups is 1. The minimum absolute atomic E-state index is 0.105. The molecule has 0 bridgehead atoms. The van der Waals surface area contributed by atoms with Crippen LogP contribution in [0.4, 0.5) is 0 Å². The Morgan fingerprint density at radius 1 is 0.295 bits per heavy atom. The molecule has 0 amide bonds. The van der Waals surface area contributed by atoms with Gasteiger partial charge in [-0.2, -0.15) is 0 Å². The number of carbonyl (C=O) groups excluding carboxylic acids is 4. The van der Waals surface area contributed by atoms with Crippen LogP contribution in [-0.4, -0.2) is 96.7 Å². The molecule has 564 valence electrons. The van der Waals surface area contributed by atoms with E-state index in [4.69, 9.17) is 37.0 Å². The summed E-state index contributed by atoms with van der Waals surface area (Å²) in [6, 6.07) is 0. The van der Waals surface area contributed by atoms with Crippen molar-refractivity contribution in [2.75, 3.05) is 39.6 Å². The van der Waals surface area contributed by atoms with Crippen LogP contribution >= 0.6 is 15.6 Å². The lowest BCUT2D eigenvalue weighted by molar-refractivity contribution is -0.161. The fourth-order valence-electron chi connectivity index (χ4n) is 11.5. The van der Waals surface area contributed by atoms with Crippen molar-refractivity contribution in [2.45, 2.75) is 401 Å². The highest BCUT2D eigenvalue weighted by Gasteiger charge is 2.30. The molecule has 0 aromatic rings. The highest BCUT2D eigenvalue weighted by molar-refractivity contribution is 7.47. The summed E-state index contributed by atoms with van der Waals surface area (Å²) in [5.74, 6) is 0.980. The highest BCUT2D eigenvalue weighted by atomic mass is 31.2. The smallest absolute Gasteiger partial charge is 0.462 e. The second kappa shape index (κ2) is 65.4. The summed E-state index contributed by atoms with van der Waals surface area (Å²) < 4.78 is 68.5. The van der Waals surface area contributed by atoms with Crippen LogP contribution in [0.15, 0.2) is 0 Å². The van der Waals surface area contributed by atoms with Gasteiger partial charge in [0.2, 0.25) is 0 Å². The predicted molar refractivity (Wildman–Crippen MR) is 386 cm³/mol. The van der Waals surface area contributed by atoms with E-state index in [1.54, 1.807) is 0 Å². The van der Waals surface area contributed by atoms with Gasteiger partial charge in [-0.05, 0) is 49.4 Å². The third-order valence-corrected chi connectivity index (χ3v) is 20.2. The van der Waals surface area contributed by atoms with E-state index in [9.17, 15) is 43.2 Å². The van der Waals surface area contributed by atoms with E-state index >= 15 is 0 Å². The van der Waals surface area contributed by atoms with Gasteiger partial charge in [-0.3, -0.25) is 37.3 Å². The second-order valence-electron chi connectivity index (χ2n) is 28.8. The van der Waals surface area contributed by atoms with Crippen LogP contribution in [0.3, 0.4) is 0 Å². The number of hydrogen-bond acceptors (Lipinski definition) is 15. The molecule has 3 N–H and O–H groups in total. The number of esters is 4. The first kappa shape index (κ1) is 93.1. The number of phosphoric ester groups is 2. The molecule has 0 aliphatic carbocycles. The summed E-state index contributed by atoms with van der Waals surface area (Å²) >= 11 is 0. The van der Waals surface area contributed by atoms with Crippen LogP contribution in [0.2, 0.25) is 0 Å². The minimum Gasteiger partial charge on any atom is -0.462 e. The molecule has 95 heavy (non-hydrogen) atoms. The van der Waals surface area contributed by atoms with Crippen LogP contribution in [0, 0.1) is 23.7 Å². The first-order valence-electron chi connectivity index (χ1n) is 39.3. The van der Waals surface area contributed by atoms with E-state index in [1.165, 1.54) is 180 Å². The summed E-state index contributed by atoms with van der Waals surface area (Å²) in [4.78, 5) is 72.8. The van der Waals surface area contributed by atoms with Crippen molar-refractivity contribution in [3.8, 4) is 0 Å². The number of hydrogen-bond donors (Lipinski definition) is 3. The number of phosphoric acid groups is 2. The Balaban J connectivity index is 5.23. The molecular weight excluding hydrogens is 1250 g/mol. The monoisotopic (exact) mass is 1400 g/mol. The van der Waals surface area contributed by atoms with Gasteiger partial charge in [-0.25, -0.2) is 9.13 Å². The molecular formula is C76H148O17P2. The topological polar surface area (TPSA) is 237 Å². The highest BCUT2D eigenvalue weighted by Crippen LogP contribution is 2.45. The third-order valence-electron chi connectivity index (χ3n) is 18.3. The molecule has 0 aliphatic heterocycles. The first-order chi connectivity index (χ1) is 45.7. The number of unbranched alkanes of at least 4 members (excludes halogenated alkanes) is 37. The maximum atomic E-state index is 13.1. The molecule has 5 unspecified atom stereocenters. The number of aliphatic hydroxyl groups excluding tert-OH is 1. The molecule has 0 aliphatic rings. The van der Waals surface area contributed by atoms with Crippen molar-refractivity contribution in [1.82, 2.24) is 0 Å². The summed E-state index contributed by atoms with van der Waals surface area (Å²) in [5.41, 5.74) is 0. The van der Waals surface area contributed by atoms with Crippen molar-refractivity contribution >= 4 is 39.5 Å². The fraction of sp³-hybridized carbons (Fsp3) is 0.947. The molecule has 0 heterocycles. The molecule has 0 rings (SSSR count). The van der Waals surface area contributed by atoms with Gasteiger partial charge < -0.3 is 33.8 Å². The van der Waals surface area contributed by atoms with Crippen LogP contribution in [0.25, 0.3) is 0 Å². The standard InChI is InChI=1S/C76H148O17P2/c1-9-68(7)54-46-38-30-22-18-13-11-12-14-20-24-33-42-50-58-75(80)92-72(63-87-74(79)57-49-41-35-27-29-37-45-53-67(5)6)65-91-95(84,85)89-61-70(77)60-88-94(82,83)90-64-71(93-76(81)59-51-43-34-26-25-31-39-47-55-69(8)10-2)62-86-73(78)56-48-40-32-23-19-16-15-17-21-28-36-44-52-66(3)4/h66-72,77H,9-65H2,1-8H3,(H,82,83)(H,84,85)/t68?,69?,70?,71-,72-/m1/s1.